The summed E-state index contributed by atoms with van der Waals surface area (Å²) in [5.41, 5.74) is 2.50. The van der Waals surface area contributed by atoms with Crippen molar-refractivity contribution in [2.24, 2.45) is 0 Å². The zero-order chi connectivity index (χ0) is 18.8. The third-order valence-electron chi connectivity index (χ3n) is 4.27. The van der Waals surface area contributed by atoms with Crippen LogP contribution in [0.5, 0.6) is 0 Å². The van der Waals surface area contributed by atoms with Crippen LogP contribution in [0.3, 0.4) is 0 Å². The normalized spacial score (nSPS) is 12.3. The van der Waals surface area contributed by atoms with Crippen molar-refractivity contribution in [3.8, 4) is 0 Å². The summed E-state index contributed by atoms with van der Waals surface area (Å²) in [7, 11) is -1.31. The Morgan fingerprint density at radius 1 is 1.00 bits per heavy atom. The van der Waals surface area contributed by atoms with E-state index in [9.17, 15) is 9.00 Å². The van der Waals surface area contributed by atoms with Crippen LogP contribution in [0.4, 0.5) is 0 Å². The van der Waals surface area contributed by atoms with Gasteiger partial charge in [0.15, 0.2) is 0 Å². The molecule has 1 atom stereocenters. The third kappa shape index (κ3) is 3.56. The number of hydrogen-bond donors (Lipinski definition) is 0. The zero-order valence-electron chi connectivity index (χ0n) is 15.4. The number of aryl methyl sites for hydroxylation is 2. The number of ether oxygens (including phenoxy) is 1. The molecule has 0 radical (unpaired) electrons. The van der Waals surface area contributed by atoms with Crippen LogP contribution in [0.1, 0.15) is 35.3 Å². The Labute approximate surface area is 156 Å². The highest BCUT2D eigenvalue weighted by atomic mass is 32.2. The first-order chi connectivity index (χ1) is 12.4. The monoisotopic (exact) mass is 366 g/mol. The second-order valence-electron chi connectivity index (χ2n) is 6.62. The van der Waals surface area contributed by atoms with Gasteiger partial charge in [0.1, 0.15) is 0 Å². The fourth-order valence-electron chi connectivity index (χ4n) is 3.08. The number of rotatable bonds is 4. The molecule has 3 aromatic carbocycles. The van der Waals surface area contributed by atoms with Crippen LogP contribution >= 0.6 is 0 Å². The van der Waals surface area contributed by atoms with E-state index in [-0.39, 0.29) is 12.1 Å². The number of benzene rings is 3. The number of esters is 1. The minimum absolute atomic E-state index is 0.167. The van der Waals surface area contributed by atoms with Gasteiger partial charge in [-0.3, -0.25) is 0 Å². The van der Waals surface area contributed by atoms with E-state index in [4.69, 9.17) is 4.74 Å². The van der Waals surface area contributed by atoms with Crippen LogP contribution in [0.15, 0.2) is 64.4 Å². The van der Waals surface area contributed by atoms with Gasteiger partial charge in [-0.1, -0.05) is 30.3 Å². The second kappa shape index (κ2) is 7.42. The van der Waals surface area contributed by atoms with Crippen molar-refractivity contribution < 1.29 is 13.7 Å². The molecular formula is C22H22O3S. The quantitative estimate of drug-likeness (QED) is 0.597. The summed E-state index contributed by atoms with van der Waals surface area (Å²) in [5, 5.41) is 2.26. The average Bonchev–Trinajstić information content (AvgIpc) is 2.61. The van der Waals surface area contributed by atoms with Gasteiger partial charge in [-0.05, 0) is 73.9 Å². The van der Waals surface area contributed by atoms with E-state index >= 15 is 0 Å². The molecule has 0 fully saturated rings. The molecule has 0 aliphatic heterocycles. The van der Waals surface area contributed by atoms with Crippen molar-refractivity contribution in [3.63, 3.8) is 0 Å². The minimum atomic E-state index is -1.31. The smallest absolute Gasteiger partial charge is 0.338 e. The topological polar surface area (TPSA) is 43.4 Å². The standard InChI is InChI=1S/C22H22O3S/c1-14(2)25-22(23)17-9-11-19(12-10-17)26(24)21-15(3)13-18-7-5-6-8-20(18)16(21)4/h5-14H,1-4H3. The molecule has 0 spiro atoms. The molecular weight excluding hydrogens is 344 g/mol. The fraction of sp³-hybridized carbons (Fsp3) is 0.227. The molecule has 134 valence electrons. The zero-order valence-corrected chi connectivity index (χ0v) is 16.2. The van der Waals surface area contributed by atoms with Crippen molar-refractivity contribution in [1.82, 2.24) is 0 Å². The number of carbonyl (C=O) groups excluding carboxylic acids is 1. The fourth-order valence-corrected chi connectivity index (χ4v) is 4.44. The Bertz CT molecular complexity index is 988. The summed E-state index contributed by atoms with van der Waals surface area (Å²) in [4.78, 5) is 13.5. The van der Waals surface area contributed by atoms with Gasteiger partial charge in [-0.15, -0.1) is 0 Å². The van der Waals surface area contributed by atoms with Gasteiger partial charge in [0.2, 0.25) is 0 Å². The van der Waals surface area contributed by atoms with Gasteiger partial charge in [0, 0.05) is 4.90 Å². The molecule has 0 bridgehead atoms. The van der Waals surface area contributed by atoms with Gasteiger partial charge < -0.3 is 4.74 Å². The van der Waals surface area contributed by atoms with E-state index in [0.717, 1.165) is 26.8 Å². The SMILES string of the molecule is Cc1cc2ccccc2c(C)c1S(=O)c1ccc(C(=O)OC(C)C)cc1. The largest absolute Gasteiger partial charge is 0.459 e. The van der Waals surface area contributed by atoms with Gasteiger partial charge in [-0.2, -0.15) is 0 Å². The van der Waals surface area contributed by atoms with Crippen molar-refractivity contribution in [2.75, 3.05) is 0 Å². The van der Waals surface area contributed by atoms with Gasteiger partial charge in [-0.25, -0.2) is 9.00 Å². The Kier molecular flexibility index (Phi) is 5.23. The first-order valence-corrected chi connectivity index (χ1v) is 9.75. The summed E-state index contributed by atoms with van der Waals surface area (Å²) >= 11 is 0. The molecule has 3 aromatic rings. The highest BCUT2D eigenvalue weighted by Crippen LogP contribution is 2.30. The van der Waals surface area contributed by atoms with E-state index in [2.05, 4.69) is 18.2 Å². The molecule has 0 saturated heterocycles. The Morgan fingerprint density at radius 3 is 2.31 bits per heavy atom. The summed E-state index contributed by atoms with van der Waals surface area (Å²) in [5.74, 6) is -0.365. The summed E-state index contributed by atoms with van der Waals surface area (Å²) in [6.07, 6.45) is -0.167. The van der Waals surface area contributed by atoms with Crippen LogP contribution in [-0.4, -0.2) is 16.3 Å². The number of fused-ring (bicyclic) bond motifs is 1. The molecule has 4 heteroatoms. The predicted octanol–water partition coefficient (Wildman–Crippen LogP) is 5.19. The van der Waals surface area contributed by atoms with Crippen molar-refractivity contribution in [2.45, 2.75) is 43.6 Å². The minimum Gasteiger partial charge on any atom is -0.459 e. The van der Waals surface area contributed by atoms with Gasteiger partial charge in [0.25, 0.3) is 0 Å². The first-order valence-electron chi connectivity index (χ1n) is 8.60. The van der Waals surface area contributed by atoms with Crippen molar-refractivity contribution >= 4 is 27.5 Å². The lowest BCUT2D eigenvalue weighted by Crippen LogP contribution is -2.11. The Morgan fingerprint density at radius 2 is 1.65 bits per heavy atom. The van der Waals surface area contributed by atoms with Gasteiger partial charge in [0.05, 0.1) is 27.4 Å². The molecule has 0 aliphatic rings. The first kappa shape index (κ1) is 18.3. The van der Waals surface area contributed by atoms with Crippen LogP contribution in [-0.2, 0) is 15.5 Å². The maximum atomic E-state index is 13.2. The average molecular weight is 366 g/mol. The summed E-state index contributed by atoms with van der Waals surface area (Å²) in [6.45, 7) is 7.62. The van der Waals surface area contributed by atoms with E-state index < -0.39 is 10.8 Å². The lowest BCUT2D eigenvalue weighted by Gasteiger charge is -2.13. The van der Waals surface area contributed by atoms with Gasteiger partial charge >= 0.3 is 5.97 Å². The molecule has 0 amide bonds. The number of carbonyl (C=O) groups is 1. The predicted molar refractivity (Wildman–Crippen MR) is 105 cm³/mol. The lowest BCUT2D eigenvalue weighted by atomic mass is 10.0. The summed E-state index contributed by atoms with van der Waals surface area (Å²) < 4.78 is 18.4. The van der Waals surface area contributed by atoms with E-state index in [1.807, 2.05) is 39.8 Å². The van der Waals surface area contributed by atoms with E-state index in [1.54, 1.807) is 24.3 Å². The Hall–Kier alpha value is -2.46. The van der Waals surface area contributed by atoms with E-state index in [1.165, 1.54) is 0 Å². The highest BCUT2D eigenvalue weighted by molar-refractivity contribution is 7.85. The van der Waals surface area contributed by atoms with Crippen LogP contribution in [0.2, 0.25) is 0 Å². The van der Waals surface area contributed by atoms with E-state index in [0.29, 0.717) is 10.5 Å². The Balaban J connectivity index is 1.97. The van der Waals surface area contributed by atoms with Crippen LogP contribution in [0.25, 0.3) is 10.8 Å². The molecule has 1 unspecified atom stereocenters. The molecule has 0 aliphatic carbocycles. The maximum absolute atomic E-state index is 13.2. The molecule has 0 saturated carbocycles. The van der Waals surface area contributed by atoms with Crippen LogP contribution in [0, 0.1) is 13.8 Å². The number of hydrogen-bond acceptors (Lipinski definition) is 3. The maximum Gasteiger partial charge on any atom is 0.338 e. The van der Waals surface area contributed by atoms with Crippen molar-refractivity contribution in [1.29, 1.82) is 0 Å². The van der Waals surface area contributed by atoms with Crippen LogP contribution < -0.4 is 0 Å². The molecule has 26 heavy (non-hydrogen) atoms. The second-order valence-corrected chi connectivity index (χ2v) is 8.03. The highest BCUT2D eigenvalue weighted by Gasteiger charge is 2.16. The molecule has 0 N–H and O–H groups in total. The molecule has 3 nitrogen and oxygen atoms in total. The summed E-state index contributed by atoms with van der Waals surface area (Å²) in [6, 6.07) is 17.0. The lowest BCUT2D eigenvalue weighted by molar-refractivity contribution is 0.0378. The molecule has 0 heterocycles. The van der Waals surface area contributed by atoms with Crippen molar-refractivity contribution in [3.05, 3.63) is 71.3 Å². The third-order valence-corrected chi connectivity index (χ3v) is 5.97. The molecule has 3 rings (SSSR count). The molecule has 0 aromatic heterocycles.